The molecule has 0 radical (unpaired) electrons. The second-order valence-electron chi connectivity index (χ2n) is 4.08. The molecule has 0 aromatic rings. The van der Waals surface area contributed by atoms with Crippen molar-refractivity contribution in [2.45, 2.75) is 52.4 Å². The van der Waals surface area contributed by atoms with Crippen LogP contribution in [0.5, 0.6) is 0 Å². The highest BCUT2D eigenvalue weighted by Crippen LogP contribution is 2.14. The van der Waals surface area contributed by atoms with Crippen molar-refractivity contribution >= 4 is 5.97 Å². The van der Waals surface area contributed by atoms with Crippen LogP contribution in [0.3, 0.4) is 0 Å². The molecule has 1 saturated heterocycles. The minimum Gasteiger partial charge on any atom is -0.461 e. The largest absolute Gasteiger partial charge is 0.461 e. The van der Waals surface area contributed by atoms with E-state index in [1.54, 1.807) is 0 Å². The first kappa shape index (κ1) is 12.1. The molecular weight excluding hydrogens is 188 g/mol. The normalized spacial score (nSPS) is 15.1. The highest BCUT2D eigenvalue weighted by atomic mass is 16.5. The van der Waals surface area contributed by atoms with Crippen LogP contribution in [0.15, 0.2) is 16.9 Å². The van der Waals surface area contributed by atoms with Gasteiger partial charge >= 0.3 is 5.97 Å². The Labute approximate surface area is 92.0 Å². The van der Waals surface area contributed by atoms with E-state index in [0.717, 1.165) is 18.4 Å². The smallest absolute Gasteiger partial charge is 0.342 e. The van der Waals surface area contributed by atoms with Crippen LogP contribution in [0.2, 0.25) is 0 Å². The topological polar surface area (TPSA) is 26.3 Å². The van der Waals surface area contributed by atoms with Crippen molar-refractivity contribution in [2.24, 2.45) is 0 Å². The summed E-state index contributed by atoms with van der Waals surface area (Å²) in [7, 11) is 0. The zero-order valence-electron chi connectivity index (χ0n) is 9.77. The number of hydrogen-bond donors (Lipinski definition) is 0. The van der Waals surface area contributed by atoms with Gasteiger partial charge in [0.25, 0.3) is 0 Å². The molecule has 1 heterocycles. The van der Waals surface area contributed by atoms with E-state index in [9.17, 15) is 4.79 Å². The highest BCUT2D eigenvalue weighted by molar-refractivity contribution is 5.90. The molecule has 0 unspecified atom stereocenters. The van der Waals surface area contributed by atoms with E-state index in [2.05, 4.69) is 12.7 Å². The Morgan fingerprint density at radius 1 is 1.40 bits per heavy atom. The third-order valence-corrected chi connectivity index (χ3v) is 2.60. The minimum absolute atomic E-state index is 0.178. The molecule has 2 nitrogen and oxygen atoms in total. The number of cyclic esters (lactones) is 1. The van der Waals surface area contributed by atoms with E-state index in [1.807, 2.05) is 6.92 Å². The highest BCUT2D eigenvalue weighted by Gasteiger charge is 2.17. The summed E-state index contributed by atoms with van der Waals surface area (Å²) in [5.41, 5.74) is 5.07. The summed E-state index contributed by atoms with van der Waals surface area (Å²) in [5, 5.41) is 0. The van der Waals surface area contributed by atoms with Gasteiger partial charge in [-0.3, -0.25) is 0 Å². The maximum absolute atomic E-state index is 11.2. The van der Waals surface area contributed by atoms with Crippen LogP contribution < -0.4 is 0 Å². The van der Waals surface area contributed by atoms with E-state index in [4.69, 9.17) is 4.74 Å². The Morgan fingerprint density at radius 3 is 2.80 bits per heavy atom. The Morgan fingerprint density at radius 2 is 2.20 bits per heavy atom. The lowest BCUT2D eigenvalue weighted by atomic mass is 10.1. The van der Waals surface area contributed by atoms with E-state index >= 15 is 0 Å². The molecule has 0 spiro atoms. The van der Waals surface area contributed by atoms with Crippen molar-refractivity contribution in [3.05, 3.63) is 16.9 Å². The van der Waals surface area contributed by atoms with Gasteiger partial charge in [0.1, 0.15) is 0 Å². The molecule has 0 atom stereocenters. The molecule has 15 heavy (non-hydrogen) atoms. The minimum atomic E-state index is -0.178. The Hall–Kier alpha value is -1.01. The SMILES string of the molecule is CCCCCCC(C)=C=C1CCOC1=O. The van der Waals surface area contributed by atoms with E-state index in [1.165, 1.54) is 31.3 Å². The van der Waals surface area contributed by atoms with Crippen LogP contribution in [-0.2, 0) is 9.53 Å². The van der Waals surface area contributed by atoms with Crippen LogP contribution in [0, 0.1) is 0 Å². The first-order chi connectivity index (χ1) is 7.24. The Bertz CT molecular complexity index is 283. The molecule has 0 aromatic heterocycles. The van der Waals surface area contributed by atoms with Crippen molar-refractivity contribution in [3.63, 3.8) is 0 Å². The van der Waals surface area contributed by atoms with Crippen LogP contribution >= 0.6 is 0 Å². The van der Waals surface area contributed by atoms with Gasteiger partial charge in [-0.15, -0.1) is 5.73 Å². The molecule has 0 aromatic carbocycles. The van der Waals surface area contributed by atoms with Crippen molar-refractivity contribution < 1.29 is 9.53 Å². The van der Waals surface area contributed by atoms with Gasteiger partial charge in [-0.25, -0.2) is 4.79 Å². The van der Waals surface area contributed by atoms with Crippen LogP contribution in [0.1, 0.15) is 52.4 Å². The van der Waals surface area contributed by atoms with Crippen molar-refractivity contribution in [1.82, 2.24) is 0 Å². The summed E-state index contributed by atoms with van der Waals surface area (Å²) < 4.78 is 4.86. The molecule has 1 rings (SSSR count). The average Bonchev–Trinajstić information content (AvgIpc) is 2.59. The Kier molecular flexibility index (Phi) is 5.20. The summed E-state index contributed by atoms with van der Waals surface area (Å²) in [6.07, 6.45) is 6.81. The lowest BCUT2D eigenvalue weighted by molar-refractivity contribution is -0.135. The molecular formula is C13H20O2. The first-order valence-electron chi connectivity index (χ1n) is 5.86. The van der Waals surface area contributed by atoms with Crippen LogP contribution in [0.25, 0.3) is 0 Å². The maximum Gasteiger partial charge on any atom is 0.342 e. The van der Waals surface area contributed by atoms with Gasteiger partial charge in [-0.2, -0.15) is 0 Å². The first-order valence-corrected chi connectivity index (χ1v) is 5.86. The third kappa shape index (κ3) is 4.35. The van der Waals surface area contributed by atoms with Gasteiger partial charge < -0.3 is 4.74 Å². The summed E-state index contributed by atoms with van der Waals surface area (Å²) in [4.78, 5) is 11.2. The molecule has 1 aliphatic rings. The summed E-state index contributed by atoms with van der Waals surface area (Å²) >= 11 is 0. The fourth-order valence-electron chi connectivity index (χ4n) is 1.69. The fraction of sp³-hybridized carbons (Fsp3) is 0.692. The van der Waals surface area contributed by atoms with Gasteiger partial charge in [0.05, 0.1) is 12.2 Å². The molecule has 0 aliphatic carbocycles. The summed E-state index contributed by atoms with van der Waals surface area (Å²) in [6, 6.07) is 0. The molecule has 1 aliphatic heterocycles. The molecule has 84 valence electrons. The van der Waals surface area contributed by atoms with Gasteiger partial charge in [-0.1, -0.05) is 26.2 Å². The van der Waals surface area contributed by atoms with Crippen molar-refractivity contribution in [3.8, 4) is 0 Å². The van der Waals surface area contributed by atoms with Crippen LogP contribution in [-0.4, -0.2) is 12.6 Å². The standard InChI is InChI=1S/C13H20O2/c1-3-4-5-6-7-11(2)10-12-8-9-15-13(12)14/h3-9H2,1-2H3. The number of rotatable bonds is 5. The second-order valence-corrected chi connectivity index (χ2v) is 4.08. The van der Waals surface area contributed by atoms with Gasteiger partial charge in [0.2, 0.25) is 0 Å². The lowest BCUT2D eigenvalue weighted by Gasteiger charge is -1.98. The fourth-order valence-corrected chi connectivity index (χ4v) is 1.69. The third-order valence-electron chi connectivity index (χ3n) is 2.60. The monoisotopic (exact) mass is 208 g/mol. The van der Waals surface area contributed by atoms with Gasteiger partial charge in [-0.05, 0) is 25.3 Å². The zero-order chi connectivity index (χ0) is 11.1. The number of carbonyl (C=O) groups is 1. The lowest BCUT2D eigenvalue weighted by Crippen LogP contribution is -1.93. The average molecular weight is 208 g/mol. The van der Waals surface area contributed by atoms with E-state index in [-0.39, 0.29) is 5.97 Å². The van der Waals surface area contributed by atoms with Crippen molar-refractivity contribution in [1.29, 1.82) is 0 Å². The zero-order valence-corrected chi connectivity index (χ0v) is 9.77. The number of unbranched alkanes of at least 4 members (excludes halogenated alkanes) is 3. The maximum atomic E-state index is 11.2. The van der Waals surface area contributed by atoms with E-state index in [0.29, 0.717) is 6.61 Å². The quantitative estimate of drug-likeness (QED) is 0.300. The van der Waals surface area contributed by atoms with E-state index < -0.39 is 0 Å². The van der Waals surface area contributed by atoms with Gasteiger partial charge in [0.15, 0.2) is 0 Å². The molecule has 0 amide bonds. The Balaban J connectivity index is 2.41. The predicted octanol–water partition coefficient (Wildman–Crippen LogP) is 3.38. The van der Waals surface area contributed by atoms with Gasteiger partial charge in [0, 0.05) is 6.42 Å². The molecule has 0 N–H and O–H groups in total. The number of ether oxygens (including phenoxy) is 1. The number of carbonyl (C=O) groups excluding carboxylic acids is 1. The van der Waals surface area contributed by atoms with Crippen molar-refractivity contribution in [2.75, 3.05) is 6.61 Å². The summed E-state index contributed by atoms with van der Waals surface area (Å²) in [6.45, 7) is 4.79. The summed E-state index contributed by atoms with van der Waals surface area (Å²) in [5.74, 6) is -0.178. The number of esters is 1. The predicted molar refractivity (Wildman–Crippen MR) is 60.5 cm³/mol. The molecule has 1 fully saturated rings. The molecule has 0 saturated carbocycles. The second kappa shape index (κ2) is 6.47. The number of hydrogen-bond acceptors (Lipinski definition) is 2. The van der Waals surface area contributed by atoms with Crippen LogP contribution in [0.4, 0.5) is 0 Å². The molecule has 2 heteroatoms. The molecule has 0 bridgehead atoms.